The molecule has 0 fully saturated rings. The average molecular weight is 468 g/mol. The number of hydrogen-bond acceptors (Lipinski definition) is 4. The molecular weight excluding hydrogens is 451 g/mol. The van der Waals surface area contributed by atoms with Gasteiger partial charge < -0.3 is 10.2 Å². The molecule has 0 bridgehead atoms. The van der Waals surface area contributed by atoms with E-state index >= 15 is 0 Å². The Labute approximate surface area is 187 Å². The molecule has 1 aromatic heterocycles. The Bertz CT molecular complexity index is 1050. The van der Waals surface area contributed by atoms with Crippen molar-refractivity contribution in [2.45, 2.75) is 6.42 Å². The highest BCUT2D eigenvalue weighted by molar-refractivity contribution is 7.13. The number of thiazole rings is 1. The molecule has 30 heavy (non-hydrogen) atoms. The van der Waals surface area contributed by atoms with Crippen LogP contribution in [0.25, 0.3) is 5.57 Å². The third-order valence-electron chi connectivity index (χ3n) is 4.65. The number of amides is 1. The molecule has 1 aliphatic rings. The van der Waals surface area contributed by atoms with Gasteiger partial charge in [0.25, 0.3) is 5.91 Å². The monoisotopic (exact) mass is 467 g/mol. The lowest BCUT2D eigenvalue weighted by molar-refractivity contribution is 0.101. The number of nitrogens with one attached hydrogen (secondary N) is 1. The molecular formula is C21H17Cl2F2N3OS. The van der Waals surface area contributed by atoms with Crippen LogP contribution in [0.5, 0.6) is 0 Å². The maximum atomic E-state index is 13.8. The molecule has 0 spiro atoms. The smallest absolute Gasteiger partial charge is 0.261 e. The predicted molar refractivity (Wildman–Crippen MR) is 120 cm³/mol. The Balaban J connectivity index is 0.00000256. The number of nitrogens with zero attached hydrogens (tertiary/aromatic N) is 2. The zero-order chi connectivity index (χ0) is 20.4. The lowest BCUT2D eigenvalue weighted by Gasteiger charge is -2.29. The largest absolute Gasteiger partial charge is 0.343 e. The SMILES string of the molecule is Cl.O=C(Nc1ccc(C2=C(Cl)CCN(c3nccs3)C2)cc1)c1c(F)cccc1F. The second-order valence-electron chi connectivity index (χ2n) is 6.50. The lowest BCUT2D eigenvalue weighted by atomic mass is 10.0. The highest BCUT2D eigenvalue weighted by atomic mass is 35.5. The van der Waals surface area contributed by atoms with Gasteiger partial charge in [0, 0.05) is 41.8 Å². The van der Waals surface area contributed by atoms with Crippen LogP contribution in [0.2, 0.25) is 0 Å². The van der Waals surface area contributed by atoms with Crippen LogP contribution in [0.4, 0.5) is 19.6 Å². The van der Waals surface area contributed by atoms with Crippen molar-refractivity contribution < 1.29 is 13.6 Å². The van der Waals surface area contributed by atoms with Gasteiger partial charge in [-0.2, -0.15) is 0 Å². The van der Waals surface area contributed by atoms with Gasteiger partial charge in [0.2, 0.25) is 0 Å². The summed E-state index contributed by atoms with van der Waals surface area (Å²) in [5.41, 5.74) is 1.75. The van der Waals surface area contributed by atoms with Crippen molar-refractivity contribution in [3.63, 3.8) is 0 Å². The maximum Gasteiger partial charge on any atom is 0.261 e. The topological polar surface area (TPSA) is 45.2 Å². The average Bonchev–Trinajstić information content (AvgIpc) is 3.24. The van der Waals surface area contributed by atoms with Crippen molar-refractivity contribution in [3.8, 4) is 0 Å². The zero-order valence-corrected chi connectivity index (χ0v) is 18.0. The summed E-state index contributed by atoms with van der Waals surface area (Å²) in [5, 5.41) is 6.20. The van der Waals surface area contributed by atoms with Crippen LogP contribution in [0, 0.1) is 11.6 Å². The summed E-state index contributed by atoms with van der Waals surface area (Å²) in [6.45, 7) is 1.44. The van der Waals surface area contributed by atoms with Crippen LogP contribution in [-0.2, 0) is 0 Å². The van der Waals surface area contributed by atoms with Crippen LogP contribution >= 0.6 is 35.3 Å². The Kier molecular flexibility index (Phi) is 7.07. The van der Waals surface area contributed by atoms with Gasteiger partial charge in [0.1, 0.15) is 17.2 Å². The Morgan fingerprint density at radius 1 is 1.13 bits per heavy atom. The van der Waals surface area contributed by atoms with Crippen LogP contribution in [0.15, 0.2) is 59.1 Å². The zero-order valence-electron chi connectivity index (χ0n) is 15.6. The first-order chi connectivity index (χ1) is 14.0. The fourth-order valence-corrected chi connectivity index (χ4v) is 4.11. The Morgan fingerprint density at radius 3 is 2.47 bits per heavy atom. The molecule has 2 aromatic carbocycles. The molecule has 4 rings (SSSR count). The first kappa shape index (κ1) is 22.2. The lowest BCUT2D eigenvalue weighted by Crippen LogP contribution is -2.30. The summed E-state index contributed by atoms with van der Waals surface area (Å²) in [4.78, 5) is 18.8. The maximum absolute atomic E-state index is 13.8. The Hall–Kier alpha value is -2.48. The molecule has 1 amide bonds. The van der Waals surface area contributed by atoms with Crippen molar-refractivity contribution in [1.82, 2.24) is 4.98 Å². The van der Waals surface area contributed by atoms with Gasteiger partial charge in [-0.15, -0.1) is 23.7 Å². The van der Waals surface area contributed by atoms with E-state index in [1.807, 2.05) is 17.5 Å². The molecule has 156 valence electrons. The minimum atomic E-state index is -0.902. The van der Waals surface area contributed by atoms with E-state index in [2.05, 4.69) is 15.2 Å². The number of anilines is 2. The quantitative estimate of drug-likeness (QED) is 0.514. The highest BCUT2D eigenvalue weighted by Crippen LogP contribution is 2.33. The van der Waals surface area contributed by atoms with Crippen LogP contribution in [-0.4, -0.2) is 24.0 Å². The highest BCUT2D eigenvalue weighted by Gasteiger charge is 2.21. The summed E-state index contributed by atoms with van der Waals surface area (Å²) < 4.78 is 27.6. The van der Waals surface area contributed by atoms with E-state index in [9.17, 15) is 13.6 Å². The van der Waals surface area contributed by atoms with Crippen LogP contribution < -0.4 is 10.2 Å². The molecule has 1 aliphatic heterocycles. The van der Waals surface area contributed by atoms with Crippen molar-refractivity contribution in [2.24, 2.45) is 0 Å². The van der Waals surface area contributed by atoms with E-state index < -0.39 is 23.1 Å². The standard InChI is InChI=1S/C21H16ClF2N3OS.ClH/c22-16-8-10-27(21-25-9-11-29-21)12-15(16)13-4-6-14(7-5-13)26-20(28)19-17(23)2-1-3-18(19)24;/h1-7,9,11H,8,10,12H2,(H,26,28);1H. The second kappa shape index (κ2) is 9.55. The molecule has 3 aromatic rings. The van der Waals surface area contributed by atoms with Crippen molar-refractivity contribution >= 4 is 57.6 Å². The number of carbonyl (C=O) groups is 1. The minimum Gasteiger partial charge on any atom is -0.343 e. The van der Waals surface area contributed by atoms with Gasteiger partial charge in [-0.25, -0.2) is 13.8 Å². The second-order valence-corrected chi connectivity index (χ2v) is 7.83. The summed E-state index contributed by atoms with van der Waals surface area (Å²) in [6, 6.07) is 10.3. The number of rotatable bonds is 4. The van der Waals surface area contributed by atoms with Crippen molar-refractivity contribution in [2.75, 3.05) is 23.3 Å². The van der Waals surface area contributed by atoms with Gasteiger partial charge in [-0.3, -0.25) is 4.79 Å². The molecule has 9 heteroatoms. The van der Waals surface area contributed by atoms with Gasteiger partial charge in [0.05, 0.1) is 0 Å². The molecule has 4 nitrogen and oxygen atoms in total. The number of benzene rings is 2. The van der Waals surface area contributed by atoms with E-state index in [0.717, 1.165) is 46.4 Å². The van der Waals surface area contributed by atoms with E-state index in [4.69, 9.17) is 11.6 Å². The molecule has 0 unspecified atom stereocenters. The van der Waals surface area contributed by atoms with E-state index in [1.54, 1.807) is 29.7 Å². The molecule has 0 saturated carbocycles. The number of carbonyl (C=O) groups excluding carboxylic acids is 1. The molecule has 0 saturated heterocycles. The normalized spacial score (nSPS) is 13.8. The van der Waals surface area contributed by atoms with Gasteiger partial charge in [0.15, 0.2) is 5.13 Å². The summed E-state index contributed by atoms with van der Waals surface area (Å²) >= 11 is 8.04. The summed E-state index contributed by atoms with van der Waals surface area (Å²) in [5.74, 6) is -2.64. The molecule has 2 heterocycles. The molecule has 0 aliphatic carbocycles. The van der Waals surface area contributed by atoms with Crippen molar-refractivity contribution in [3.05, 3.63) is 81.8 Å². The predicted octanol–water partition coefficient (Wildman–Crippen LogP) is 5.96. The molecule has 0 radical (unpaired) electrons. The third kappa shape index (κ3) is 4.64. The van der Waals surface area contributed by atoms with E-state index in [0.29, 0.717) is 12.2 Å². The number of hydrogen-bond donors (Lipinski definition) is 1. The van der Waals surface area contributed by atoms with Crippen LogP contribution in [0.1, 0.15) is 22.3 Å². The number of halogens is 4. The minimum absolute atomic E-state index is 0. The van der Waals surface area contributed by atoms with Crippen LogP contribution in [0.3, 0.4) is 0 Å². The van der Waals surface area contributed by atoms with E-state index in [1.165, 1.54) is 6.07 Å². The van der Waals surface area contributed by atoms with Gasteiger partial charge in [-0.05, 0) is 35.4 Å². The fourth-order valence-electron chi connectivity index (χ4n) is 3.19. The third-order valence-corrected chi connectivity index (χ3v) is 5.90. The molecule has 1 N–H and O–H groups in total. The van der Waals surface area contributed by atoms with Gasteiger partial charge >= 0.3 is 0 Å². The fraction of sp³-hybridized carbons (Fsp3) is 0.143. The van der Waals surface area contributed by atoms with Gasteiger partial charge in [-0.1, -0.05) is 29.8 Å². The Morgan fingerprint density at radius 2 is 1.83 bits per heavy atom. The number of aromatic nitrogens is 1. The van der Waals surface area contributed by atoms with E-state index in [-0.39, 0.29) is 12.4 Å². The first-order valence-electron chi connectivity index (χ1n) is 8.90. The summed E-state index contributed by atoms with van der Waals surface area (Å²) in [7, 11) is 0. The molecule has 0 atom stereocenters. The van der Waals surface area contributed by atoms with Crippen molar-refractivity contribution in [1.29, 1.82) is 0 Å². The summed E-state index contributed by atoms with van der Waals surface area (Å²) in [6.07, 6.45) is 2.50. The first-order valence-corrected chi connectivity index (χ1v) is 10.2.